The molecule has 1 aliphatic rings. The average molecular weight is 383 g/mol. The second-order valence-electron chi connectivity index (χ2n) is 5.01. The second-order valence-corrected chi connectivity index (χ2v) is 8.87. The van der Waals surface area contributed by atoms with E-state index in [1.165, 1.54) is 4.31 Å². The molecule has 1 aromatic heterocycles. The molecule has 0 saturated carbocycles. The summed E-state index contributed by atoms with van der Waals surface area (Å²) in [5, 5.41) is 3.55. The SMILES string of the molecule is CCN[C@H]1CN(CCCOC)S(=O)(=O)c2sc(NS(=O)[O-])cc21. The van der Waals surface area contributed by atoms with Crippen LogP contribution in [0.2, 0.25) is 0 Å². The molecule has 0 spiro atoms. The van der Waals surface area contributed by atoms with Crippen LogP contribution in [0.15, 0.2) is 10.3 Å². The van der Waals surface area contributed by atoms with E-state index >= 15 is 0 Å². The number of hydrogen-bond acceptors (Lipinski definition) is 7. The Morgan fingerprint density at radius 1 is 1.57 bits per heavy atom. The van der Waals surface area contributed by atoms with Crippen LogP contribution in [-0.4, -0.2) is 54.8 Å². The molecule has 2 rings (SSSR count). The van der Waals surface area contributed by atoms with Gasteiger partial charge >= 0.3 is 0 Å². The van der Waals surface area contributed by atoms with E-state index in [1.807, 2.05) is 6.92 Å². The monoisotopic (exact) mass is 382 g/mol. The molecule has 8 nitrogen and oxygen atoms in total. The summed E-state index contributed by atoms with van der Waals surface area (Å²) in [6.07, 6.45) is 0.602. The van der Waals surface area contributed by atoms with E-state index < -0.39 is 21.3 Å². The smallest absolute Gasteiger partial charge is 0.253 e. The van der Waals surface area contributed by atoms with E-state index in [-0.39, 0.29) is 10.3 Å². The number of anilines is 1. The molecule has 2 atom stereocenters. The molecule has 1 aliphatic heterocycles. The quantitative estimate of drug-likeness (QED) is 0.504. The molecule has 0 saturated heterocycles. The van der Waals surface area contributed by atoms with Gasteiger partial charge in [0.05, 0.1) is 0 Å². The molecule has 1 unspecified atom stereocenters. The summed E-state index contributed by atoms with van der Waals surface area (Å²) in [6.45, 7) is 3.80. The number of sulfonamides is 1. The summed E-state index contributed by atoms with van der Waals surface area (Å²) < 4.78 is 55.9. The normalized spacial score (nSPS) is 21.8. The fourth-order valence-corrected chi connectivity index (χ4v) is 6.25. The van der Waals surface area contributed by atoms with E-state index in [0.29, 0.717) is 43.2 Å². The number of nitrogens with one attached hydrogen (secondary N) is 2. The van der Waals surface area contributed by atoms with Crippen molar-refractivity contribution in [2.45, 2.75) is 23.6 Å². The molecule has 0 bridgehead atoms. The summed E-state index contributed by atoms with van der Waals surface area (Å²) in [7, 11) is -2.04. The van der Waals surface area contributed by atoms with E-state index in [0.717, 1.165) is 11.3 Å². The molecule has 2 heterocycles. The highest BCUT2D eigenvalue weighted by molar-refractivity contribution is 7.91. The summed E-state index contributed by atoms with van der Waals surface area (Å²) in [6, 6.07) is 1.43. The van der Waals surface area contributed by atoms with Gasteiger partial charge < -0.3 is 19.3 Å². The van der Waals surface area contributed by atoms with E-state index in [9.17, 15) is 17.2 Å². The zero-order valence-electron chi connectivity index (χ0n) is 12.9. The van der Waals surface area contributed by atoms with Crippen molar-refractivity contribution < 1.29 is 21.9 Å². The Hall–Kier alpha value is -0.560. The number of likely N-dealkylation sites (N-methyl/N-ethyl adjacent to an activating group) is 1. The Bertz CT molecular complexity index is 661. The lowest BCUT2D eigenvalue weighted by Crippen LogP contribution is -2.43. The number of rotatable bonds is 8. The van der Waals surface area contributed by atoms with Crippen LogP contribution in [0.4, 0.5) is 5.00 Å². The standard InChI is InChI=1S/C12H21N3O5S3/c1-3-13-10-8-15(5-4-6-20-2)23(18,19)12-9(10)7-11(21-12)14-22(16)17/h7,10,13-14H,3-6,8H2,1-2H3,(H,16,17)/p-1/t10-/m0/s1. The van der Waals surface area contributed by atoms with Crippen molar-refractivity contribution in [3.05, 3.63) is 11.6 Å². The molecule has 2 N–H and O–H groups in total. The van der Waals surface area contributed by atoms with E-state index in [4.69, 9.17) is 4.74 Å². The van der Waals surface area contributed by atoms with Crippen LogP contribution in [0.3, 0.4) is 0 Å². The van der Waals surface area contributed by atoms with Gasteiger partial charge in [-0.25, -0.2) is 8.42 Å². The Labute approximate surface area is 142 Å². The zero-order chi connectivity index (χ0) is 17.0. The van der Waals surface area contributed by atoms with Crippen molar-refractivity contribution in [3.8, 4) is 0 Å². The summed E-state index contributed by atoms with van der Waals surface area (Å²) in [5.41, 5.74) is 0.618. The molecular weight excluding hydrogens is 362 g/mol. The highest BCUT2D eigenvalue weighted by Gasteiger charge is 2.38. The van der Waals surface area contributed by atoms with Crippen LogP contribution in [-0.2, 0) is 26.0 Å². The fraction of sp³-hybridized carbons (Fsp3) is 0.667. The molecule has 0 aromatic carbocycles. The number of ether oxygens (including phenoxy) is 1. The maximum atomic E-state index is 12.7. The topological polar surface area (TPSA) is 111 Å². The zero-order valence-corrected chi connectivity index (χ0v) is 15.4. The minimum atomic E-state index is -3.61. The lowest BCUT2D eigenvalue weighted by atomic mass is 10.1. The molecule has 132 valence electrons. The lowest BCUT2D eigenvalue weighted by molar-refractivity contribution is 0.185. The third-order valence-electron chi connectivity index (χ3n) is 3.45. The highest BCUT2D eigenvalue weighted by atomic mass is 32.2. The van der Waals surface area contributed by atoms with Crippen molar-refractivity contribution in [2.75, 3.05) is 38.1 Å². The van der Waals surface area contributed by atoms with E-state index in [2.05, 4.69) is 10.0 Å². The third-order valence-corrected chi connectivity index (χ3v) is 7.43. The molecule has 1 aromatic rings. The van der Waals surface area contributed by atoms with Gasteiger partial charge in [-0.3, -0.25) is 4.21 Å². The minimum absolute atomic E-state index is 0.159. The summed E-state index contributed by atoms with van der Waals surface area (Å²) in [5.74, 6) is 0. The Morgan fingerprint density at radius 2 is 2.30 bits per heavy atom. The average Bonchev–Trinajstić information content (AvgIpc) is 2.88. The first kappa shape index (κ1) is 18.8. The maximum absolute atomic E-state index is 12.7. The second kappa shape index (κ2) is 8.01. The fourth-order valence-electron chi connectivity index (χ4n) is 2.50. The number of nitrogens with zero attached hydrogens (tertiary/aromatic N) is 1. The van der Waals surface area contributed by atoms with Crippen LogP contribution >= 0.6 is 11.3 Å². The number of hydrogen-bond donors (Lipinski definition) is 2. The Kier molecular flexibility index (Phi) is 6.54. The van der Waals surface area contributed by atoms with Crippen molar-refractivity contribution >= 4 is 37.6 Å². The number of thiophene rings is 1. The first-order chi connectivity index (χ1) is 10.9. The van der Waals surface area contributed by atoms with Crippen molar-refractivity contribution in [1.82, 2.24) is 9.62 Å². The molecule has 0 amide bonds. The number of methoxy groups -OCH3 is 1. The Balaban J connectivity index is 2.34. The van der Waals surface area contributed by atoms with Crippen molar-refractivity contribution in [1.29, 1.82) is 0 Å². The molecule has 11 heteroatoms. The molecule has 23 heavy (non-hydrogen) atoms. The van der Waals surface area contributed by atoms with Crippen LogP contribution in [0.25, 0.3) is 0 Å². The van der Waals surface area contributed by atoms with Gasteiger partial charge in [0, 0.05) is 49.7 Å². The van der Waals surface area contributed by atoms with Gasteiger partial charge in [0.2, 0.25) is 0 Å². The predicted molar refractivity (Wildman–Crippen MR) is 88.5 cm³/mol. The predicted octanol–water partition coefficient (Wildman–Crippen LogP) is 0.645. The van der Waals surface area contributed by atoms with Crippen molar-refractivity contribution in [3.63, 3.8) is 0 Å². The Morgan fingerprint density at radius 3 is 2.91 bits per heavy atom. The van der Waals surface area contributed by atoms with Gasteiger partial charge in [0.15, 0.2) is 0 Å². The molecule has 0 aliphatic carbocycles. The minimum Gasteiger partial charge on any atom is -0.755 e. The van der Waals surface area contributed by atoms with Crippen molar-refractivity contribution in [2.24, 2.45) is 0 Å². The number of fused-ring (bicyclic) bond motifs is 1. The molecule has 0 radical (unpaired) electrons. The maximum Gasteiger partial charge on any atom is 0.253 e. The summed E-state index contributed by atoms with van der Waals surface area (Å²) in [4.78, 5) is 0. The van der Waals surface area contributed by atoms with Crippen LogP contribution < -0.4 is 10.0 Å². The first-order valence-corrected chi connectivity index (χ1v) is 10.5. The largest absolute Gasteiger partial charge is 0.755 e. The molecule has 0 fully saturated rings. The van der Waals surface area contributed by atoms with Crippen LogP contribution in [0.5, 0.6) is 0 Å². The first-order valence-electron chi connectivity index (χ1n) is 7.12. The van der Waals surface area contributed by atoms with Gasteiger partial charge in [0.1, 0.15) is 9.21 Å². The van der Waals surface area contributed by atoms with Gasteiger partial charge in [-0.1, -0.05) is 6.92 Å². The van der Waals surface area contributed by atoms with Gasteiger partial charge in [0.25, 0.3) is 10.0 Å². The lowest BCUT2D eigenvalue weighted by Gasteiger charge is -2.32. The van der Waals surface area contributed by atoms with Gasteiger partial charge in [-0.05, 0) is 19.0 Å². The molecular formula is C12H20N3O5S3-. The highest BCUT2D eigenvalue weighted by Crippen LogP contribution is 2.40. The van der Waals surface area contributed by atoms with Gasteiger partial charge in [-0.15, -0.1) is 11.3 Å². The van der Waals surface area contributed by atoms with E-state index in [1.54, 1.807) is 13.2 Å². The van der Waals surface area contributed by atoms with Crippen LogP contribution in [0, 0.1) is 0 Å². The van der Waals surface area contributed by atoms with Gasteiger partial charge in [-0.2, -0.15) is 4.31 Å². The summed E-state index contributed by atoms with van der Waals surface area (Å²) >= 11 is -1.55. The third kappa shape index (κ3) is 4.29. The van der Waals surface area contributed by atoms with Crippen LogP contribution in [0.1, 0.15) is 24.9 Å².